The third kappa shape index (κ3) is 1.40. The van der Waals surface area contributed by atoms with Gasteiger partial charge in [0.05, 0.1) is 5.69 Å². The molecule has 4 rings (SSSR count). The van der Waals surface area contributed by atoms with Crippen LogP contribution in [0.5, 0.6) is 0 Å². The third-order valence-electron chi connectivity index (χ3n) is 4.41. The number of hydrogen-bond donors (Lipinski definition) is 3. The molecule has 3 N–H and O–H groups in total. The van der Waals surface area contributed by atoms with Crippen molar-refractivity contribution < 1.29 is 0 Å². The van der Waals surface area contributed by atoms with Gasteiger partial charge in [-0.15, -0.1) is 0 Å². The molecule has 0 bridgehead atoms. The Morgan fingerprint density at radius 2 is 1.79 bits per heavy atom. The summed E-state index contributed by atoms with van der Waals surface area (Å²) in [4.78, 5) is 0. The van der Waals surface area contributed by atoms with Crippen molar-refractivity contribution >= 4 is 16.5 Å². The molecule has 0 atom stereocenters. The van der Waals surface area contributed by atoms with Crippen LogP contribution in [-0.2, 0) is 0 Å². The van der Waals surface area contributed by atoms with Crippen LogP contribution in [0, 0.1) is 5.53 Å². The first-order valence-corrected chi connectivity index (χ1v) is 6.88. The Balaban J connectivity index is 2.02. The van der Waals surface area contributed by atoms with Crippen molar-refractivity contribution in [2.24, 2.45) is 5.11 Å². The zero-order valence-electron chi connectivity index (χ0n) is 10.7. The molecule has 3 aliphatic rings. The van der Waals surface area contributed by atoms with Crippen molar-refractivity contribution in [1.82, 2.24) is 10.2 Å². The smallest absolute Gasteiger partial charge is 0.104 e. The van der Waals surface area contributed by atoms with Gasteiger partial charge in [0.25, 0.3) is 0 Å². The van der Waals surface area contributed by atoms with Crippen LogP contribution < -0.4 is 0 Å². The van der Waals surface area contributed by atoms with Crippen molar-refractivity contribution in [3.8, 4) is 11.3 Å². The van der Waals surface area contributed by atoms with E-state index in [-0.39, 0.29) is 0 Å². The summed E-state index contributed by atoms with van der Waals surface area (Å²) >= 11 is 0. The van der Waals surface area contributed by atoms with Gasteiger partial charge in [0.15, 0.2) is 0 Å². The van der Waals surface area contributed by atoms with E-state index in [0.29, 0.717) is 5.92 Å². The van der Waals surface area contributed by atoms with Gasteiger partial charge in [-0.05, 0) is 12.8 Å². The highest BCUT2D eigenvalue weighted by Crippen LogP contribution is 2.49. The number of nitrogens with one attached hydrogen (secondary N) is 3. The van der Waals surface area contributed by atoms with Crippen molar-refractivity contribution in [1.29, 1.82) is 5.53 Å². The second-order valence-corrected chi connectivity index (χ2v) is 5.40. The highest BCUT2D eigenvalue weighted by atomic mass is 15.1. The summed E-state index contributed by atoms with van der Waals surface area (Å²) in [6, 6.07) is 8.19. The van der Waals surface area contributed by atoms with Gasteiger partial charge >= 0.3 is 0 Å². The molecular formula is C15H16N4. The second kappa shape index (κ2) is 3.95. The van der Waals surface area contributed by atoms with Gasteiger partial charge in [0, 0.05) is 27.9 Å². The van der Waals surface area contributed by atoms with E-state index in [1.54, 1.807) is 0 Å². The molecule has 1 aromatic carbocycles. The largest absolute Gasteiger partial charge is 0.304 e. The topological polar surface area (TPSA) is 67.8 Å². The van der Waals surface area contributed by atoms with E-state index in [4.69, 9.17) is 5.53 Å². The maximum atomic E-state index is 7.53. The number of hydrogen-bond acceptors (Lipinski definition) is 2. The molecule has 0 amide bonds. The molecule has 4 heteroatoms. The molecule has 1 aromatic rings. The van der Waals surface area contributed by atoms with Crippen molar-refractivity contribution in [3.05, 3.63) is 30.0 Å². The van der Waals surface area contributed by atoms with Crippen LogP contribution in [0.4, 0.5) is 5.69 Å². The minimum Gasteiger partial charge on any atom is -0.304 e. The first kappa shape index (κ1) is 10.8. The lowest BCUT2D eigenvalue weighted by molar-refractivity contribution is 0.695. The molecule has 1 saturated carbocycles. The zero-order valence-corrected chi connectivity index (χ0v) is 10.7. The predicted octanol–water partition coefficient (Wildman–Crippen LogP) is 4.92. The van der Waals surface area contributed by atoms with Crippen molar-refractivity contribution in [2.75, 3.05) is 0 Å². The normalized spacial score (nSPS) is 16.6. The van der Waals surface area contributed by atoms with E-state index in [1.165, 1.54) is 31.4 Å². The lowest BCUT2D eigenvalue weighted by Gasteiger charge is -2.07. The highest BCUT2D eigenvalue weighted by Gasteiger charge is 2.28. The van der Waals surface area contributed by atoms with Crippen LogP contribution in [0.2, 0.25) is 0 Å². The monoisotopic (exact) mass is 252 g/mol. The van der Waals surface area contributed by atoms with E-state index in [1.807, 2.05) is 12.1 Å². The molecule has 0 spiro atoms. The van der Waals surface area contributed by atoms with Crippen LogP contribution in [0.25, 0.3) is 22.0 Å². The van der Waals surface area contributed by atoms with Crippen molar-refractivity contribution in [2.45, 2.75) is 31.6 Å². The van der Waals surface area contributed by atoms with Crippen LogP contribution in [0.15, 0.2) is 29.4 Å². The minimum atomic E-state index is 0.589. The highest BCUT2D eigenvalue weighted by molar-refractivity contribution is 6.11. The summed E-state index contributed by atoms with van der Waals surface area (Å²) in [5.41, 5.74) is 11.8. The molecule has 1 fully saturated rings. The van der Waals surface area contributed by atoms with Crippen molar-refractivity contribution in [3.63, 3.8) is 0 Å². The van der Waals surface area contributed by atoms with Gasteiger partial charge in [-0.3, -0.25) is 5.10 Å². The number of rotatable bonds is 2. The molecule has 0 aromatic heterocycles. The maximum absolute atomic E-state index is 7.53. The van der Waals surface area contributed by atoms with E-state index in [2.05, 4.69) is 27.4 Å². The Morgan fingerprint density at radius 3 is 2.53 bits per heavy atom. The average molecular weight is 252 g/mol. The number of fused-ring (bicyclic) bond motifs is 3. The average Bonchev–Trinajstić information content (AvgIpc) is 3.14. The first-order chi connectivity index (χ1) is 9.40. The summed E-state index contributed by atoms with van der Waals surface area (Å²) in [6.07, 6.45) is 5.09. The van der Waals surface area contributed by atoms with Gasteiger partial charge < -0.3 is 5.10 Å². The molecule has 1 heterocycles. The number of H-pyrrole nitrogens is 2. The maximum Gasteiger partial charge on any atom is 0.104 e. The van der Waals surface area contributed by atoms with Crippen LogP contribution in [0.3, 0.4) is 0 Å². The lowest BCUT2D eigenvalue weighted by Crippen LogP contribution is -1.93. The van der Waals surface area contributed by atoms with Gasteiger partial charge in [-0.2, -0.15) is 5.11 Å². The molecule has 1 aliphatic heterocycles. The predicted molar refractivity (Wildman–Crippen MR) is 75.3 cm³/mol. The summed E-state index contributed by atoms with van der Waals surface area (Å²) in [5, 5.41) is 12.7. The molecule has 0 saturated heterocycles. The van der Waals surface area contributed by atoms with Gasteiger partial charge in [-0.1, -0.05) is 37.1 Å². The SMILES string of the molecule is N=Nc1c2c(C3CCCC3)[nH][nH]c-2c2ccccc12. The Bertz CT molecular complexity index is 715. The fraction of sp³-hybridized carbons (Fsp3) is 0.333. The number of aromatic nitrogens is 2. The zero-order chi connectivity index (χ0) is 12.8. The first-order valence-electron chi connectivity index (χ1n) is 6.88. The van der Waals surface area contributed by atoms with E-state index < -0.39 is 0 Å². The number of nitrogens with zero attached hydrogens (tertiary/aromatic N) is 1. The van der Waals surface area contributed by atoms with Gasteiger partial charge in [0.1, 0.15) is 5.69 Å². The van der Waals surface area contributed by atoms with Crippen LogP contribution in [0.1, 0.15) is 37.3 Å². The summed E-state index contributed by atoms with van der Waals surface area (Å²) in [5.74, 6) is 0.589. The third-order valence-corrected chi connectivity index (χ3v) is 4.41. The Labute approximate surface area is 111 Å². The van der Waals surface area contributed by atoms with Gasteiger partial charge in [-0.25, -0.2) is 5.53 Å². The van der Waals surface area contributed by atoms with E-state index >= 15 is 0 Å². The minimum absolute atomic E-state index is 0.589. The Hall–Kier alpha value is -2.10. The molecule has 0 unspecified atom stereocenters. The molecule has 0 radical (unpaired) electrons. The second-order valence-electron chi connectivity index (χ2n) is 5.40. The number of benzene rings is 1. The summed E-state index contributed by atoms with van der Waals surface area (Å²) in [7, 11) is 0. The molecule has 2 aliphatic carbocycles. The molecule has 96 valence electrons. The molecule has 19 heavy (non-hydrogen) atoms. The van der Waals surface area contributed by atoms with Gasteiger partial charge in [0.2, 0.25) is 0 Å². The molecular weight excluding hydrogens is 236 g/mol. The number of aromatic amines is 2. The van der Waals surface area contributed by atoms with E-state index in [9.17, 15) is 0 Å². The Kier molecular flexibility index (Phi) is 2.24. The van der Waals surface area contributed by atoms with Crippen LogP contribution >= 0.6 is 0 Å². The standard InChI is InChI=1S/C15H16N4/c16-17-14-10-7-3-4-8-11(10)15-12(14)13(18-19-15)9-5-1-2-6-9/h3-4,7-9,16,18-19H,1-2,5-6H2. The Morgan fingerprint density at radius 1 is 1.05 bits per heavy atom. The summed E-state index contributed by atoms with van der Waals surface area (Å²) < 4.78 is 0. The summed E-state index contributed by atoms with van der Waals surface area (Å²) in [6.45, 7) is 0. The molecule has 4 nitrogen and oxygen atoms in total. The van der Waals surface area contributed by atoms with Crippen LogP contribution in [-0.4, -0.2) is 10.2 Å². The fourth-order valence-electron chi connectivity index (χ4n) is 3.52. The van der Waals surface area contributed by atoms with E-state index in [0.717, 1.165) is 27.7 Å². The fourth-order valence-corrected chi connectivity index (χ4v) is 3.52. The lowest BCUT2D eigenvalue weighted by atomic mass is 9.99. The quantitative estimate of drug-likeness (QED) is 0.542.